The van der Waals surface area contributed by atoms with Gasteiger partial charge in [-0.3, -0.25) is 4.79 Å². The SMILES string of the molecule is CC(NC(=O)c1cc(S(=O)(=O)N(C)Cc2ccccc2)ccc1Cl)c1ccc2ccccc2c1. The van der Waals surface area contributed by atoms with Crippen LogP contribution in [-0.4, -0.2) is 25.7 Å². The van der Waals surface area contributed by atoms with Crippen molar-refractivity contribution in [2.24, 2.45) is 0 Å². The van der Waals surface area contributed by atoms with Gasteiger partial charge in [-0.15, -0.1) is 0 Å². The third-order valence-corrected chi connectivity index (χ3v) is 7.89. The fraction of sp³-hybridized carbons (Fsp3) is 0.148. The minimum absolute atomic E-state index is 0.0128. The van der Waals surface area contributed by atoms with Gasteiger partial charge in [-0.25, -0.2) is 8.42 Å². The molecule has 174 valence electrons. The molecule has 0 aliphatic carbocycles. The van der Waals surface area contributed by atoms with E-state index in [1.54, 1.807) is 0 Å². The van der Waals surface area contributed by atoms with Crippen LogP contribution < -0.4 is 5.32 Å². The molecule has 1 N–H and O–H groups in total. The number of halogens is 1. The van der Waals surface area contributed by atoms with Gasteiger partial charge < -0.3 is 5.32 Å². The van der Waals surface area contributed by atoms with E-state index >= 15 is 0 Å². The molecule has 0 spiro atoms. The molecular formula is C27H25ClN2O3S. The van der Waals surface area contributed by atoms with E-state index in [0.29, 0.717) is 0 Å². The first-order valence-electron chi connectivity index (χ1n) is 10.8. The summed E-state index contributed by atoms with van der Waals surface area (Å²) < 4.78 is 27.5. The molecule has 7 heteroatoms. The second-order valence-corrected chi connectivity index (χ2v) is 10.6. The smallest absolute Gasteiger partial charge is 0.253 e. The van der Waals surface area contributed by atoms with Crippen LogP contribution in [0.1, 0.15) is 34.5 Å². The molecular weight excluding hydrogens is 468 g/mol. The molecule has 4 aromatic rings. The van der Waals surface area contributed by atoms with Gasteiger partial charge in [0.05, 0.1) is 21.5 Å². The zero-order chi connectivity index (χ0) is 24.3. The molecule has 4 rings (SSSR count). The average molecular weight is 493 g/mol. The van der Waals surface area contributed by atoms with Crippen LogP contribution in [0.4, 0.5) is 0 Å². The third kappa shape index (κ3) is 5.14. The lowest BCUT2D eigenvalue weighted by Crippen LogP contribution is -2.29. The molecule has 0 fully saturated rings. The molecule has 0 aliphatic heterocycles. The molecule has 0 aromatic heterocycles. The second-order valence-electron chi connectivity index (χ2n) is 8.19. The van der Waals surface area contributed by atoms with Gasteiger partial charge in [0, 0.05) is 13.6 Å². The number of sulfonamides is 1. The van der Waals surface area contributed by atoms with E-state index in [0.717, 1.165) is 21.9 Å². The van der Waals surface area contributed by atoms with Crippen molar-refractivity contribution in [1.29, 1.82) is 0 Å². The molecule has 0 saturated heterocycles. The van der Waals surface area contributed by atoms with Crippen LogP contribution in [0.5, 0.6) is 0 Å². The van der Waals surface area contributed by atoms with Crippen molar-refractivity contribution in [1.82, 2.24) is 9.62 Å². The summed E-state index contributed by atoms with van der Waals surface area (Å²) in [5.74, 6) is -0.437. The minimum Gasteiger partial charge on any atom is -0.345 e. The summed E-state index contributed by atoms with van der Waals surface area (Å²) in [4.78, 5) is 13.1. The lowest BCUT2D eigenvalue weighted by Gasteiger charge is -2.19. The number of hydrogen-bond acceptors (Lipinski definition) is 3. The summed E-state index contributed by atoms with van der Waals surface area (Å²) in [6, 6.07) is 27.2. The molecule has 0 saturated carbocycles. The fourth-order valence-electron chi connectivity index (χ4n) is 3.78. The highest BCUT2D eigenvalue weighted by molar-refractivity contribution is 7.89. The number of carbonyl (C=O) groups is 1. The van der Waals surface area contributed by atoms with Gasteiger partial charge >= 0.3 is 0 Å². The van der Waals surface area contributed by atoms with Gasteiger partial charge in [0.15, 0.2) is 0 Å². The minimum atomic E-state index is -3.82. The van der Waals surface area contributed by atoms with Gasteiger partial charge in [-0.2, -0.15) is 4.31 Å². The summed E-state index contributed by atoms with van der Waals surface area (Å²) in [5, 5.41) is 5.32. The van der Waals surface area contributed by atoms with Crippen LogP contribution >= 0.6 is 11.6 Å². The summed E-state index contributed by atoms with van der Waals surface area (Å²) in [6.07, 6.45) is 0. The second kappa shape index (κ2) is 9.97. The molecule has 1 unspecified atom stereocenters. The summed E-state index contributed by atoms with van der Waals surface area (Å²) in [7, 11) is -2.31. The van der Waals surface area contributed by atoms with E-state index in [1.165, 1.54) is 29.6 Å². The van der Waals surface area contributed by atoms with Gasteiger partial charge in [-0.05, 0) is 53.1 Å². The summed E-state index contributed by atoms with van der Waals surface area (Å²) in [5.41, 5.74) is 1.92. The number of hydrogen-bond donors (Lipinski definition) is 1. The normalized spacial score (nSPS) is 12.6. The number of nitrogens with zero attached hydrogens (tertiary/aromatic N) is 1. The third-order valence-electron chi connectivity index (χ3n) is 5.76. The largest absolute Gasteiger partial charge is 0.345 e. The number of rotatable bonds is 7. The van der Waals surface area contributed by atoms with Crippen molar-refractivity contribution in [2.75, 3.05) is 7.05 Å². The fourth-order valence-corrected chi connectivity index (χ4v) is 5.17. The Hall–Kier alpha value is -3.19. The number of carbonyl (C=O) groups excluding carboxylic acids is 1. The van der Waals surface area contributed by atoms with Crippen LogP contribution in [0.2, 0.25) is 5.02 Å². The van der Waals surface area contributed by atoms with E-state index in [2.05, 4.69) is 5.32 Å². The van der Waals surface area contributed by atoms with Gasteiger partial charge in [-0.1, -0.05) is 78.3 Å². The molecule has 5 nitrogen and oxygen atoms in total. The monoisotopic (exact) mass is 492 g/mol. The zero-order valence-electron chi connectivity index (χ0n) is 18.9. The lowest BCUT2D eigenvalue weighted by molar-refractivity contribution is 0.0940. The Labute approximate surface area is 205 Å². The number of benzene rings is 4. The maximum absolute atomic E-state index is 13.1. The van der Waals surface area contributed by atoms with E-state index in [9.17, 15) is 13.2 Å². The number of amides is 1. The van der Waals surface area contributed by atoms with Crippen LogP contribution in [-0.2, 0) is 16.6 Å². The molecule has 4 aromatic carbocycles. The highest BCUT2D eigenvalue weighted by Gasteiger charge is 2.24. The predicted molar refractivity (Wildman–Crippen MR) is 136 cm³/mol. The molecule has 0 heterocycles. The molecule has 1 atom stereocenters. The van der Waals surface area contributed by atoms with Crippen molar-refractivity contribution >= 4 is 38.3 Å². The first-order valence-corrected chi connectivity index (χ1v) is 12.7. The topological polar surface area (TPSA) is 66.5 Å². The quantitative estimate of drug-likeness (QED) is 0.354. The van der Waals surface area contributed by atoms with Crippen LogP contribution in [0.25, 0.3) is 10.8 Å². The predicted octanol–water partition coefficient (Wildman–Crippen LogP) is 5.80. The average Bonchev–Trinajstić information content (AvgIpc) is 2.84. The van der Waals surface area contributed by atoms with E-state index in [-0.39, 0.29) is 28.1 Å². The number of nitrogens with one attached hydrogen (secondary N) is 1. The van der Waals surface area contributed by atoms with E-state index in [1.807, 2.05) is 79.7 Å². The van der Waals surface area contributed by atoms with Crippen molar-refractivity contribution in [2.45, 2.75) is 24.4 Å². The Morgan fingerprint density at radius 2 is 1.59 bits per heavy atom. The van der Waals surface area contributed by atoms with Gasteiger partial charge in [0.2, 0.25) is 10.0 Å². The van der Waals surface area contributed by atoms with E-state index in [4.69, 9.17) is 11.6 Å². The van der Waals surface area contributed by atoms with Crippen LogP contribution in [0.15, 0.2) is 95.9 Å². The van der Waals surface area contributed by atoms with Crippen molar-refractivity contribution < 1.29 is 13.2 Å². The zero-order valence-corrected chi connectivity index (χ0v) is 20.5. The van der Waals surface area contributed by atoms with Crippen molar-refractivity contribution in [3.63, 3.8) is 0 Å². The van der Waals surface area contributed by atoms with Crippen molar-refractivity contribution in [3.05, 3.63) is 113 Å². The summed E-state index contributed by atoms with van der Waals surface area (Å²) in [6.45, 7) is 2.09. The molecule has 1 amide bonds. The van der Waals surface area contributed by atoms with E-state index < -0.39 is 15.9 Å². The lowest BCUT2D eigenvalue weighted by atomic mass is 10.0. The maximum atomic E-state index is 13.1. The first-order chi connectivity index (χ1) is 16.3. The van der Waals surface area contributed by atoms with Crippen molar-refractivity contribution in [3.8, 4) is 0 Å². The Bertz CT molecular complexity index is 1440. The van der Waals surface area contributed by atoms with Crippen LogP contribution in [0, 0.1) is 0 Å². The summed E-state index contributed by atoms with van der Waals surface area (Å²) >= 11 is 6.29. The maximum Gasteiger partial charge on any atom is 0.253 e. The Kier molecular flexibility index (Phi) is 7.03. The molecule has 0 bridgehead atoms. The Morgan fingerprint density at radius 1 is 0.912 bits per heavy atom. The standard InChI is InChI=1S/C27H25ClN2O3S/c1-19(22-13-12-21-10-6-7-11-23(21)16-22)29-27(31)25-17-24(14-15-26(25)28)34(32,33)30(2)18-20-8-4-3-5-9-20/h3-17,19H,18H2,1-2H3,(H,29,31). The van der Waals surface area contributed by atoms with Gasteiger partial charge in [0.1, 0.15) is 0 Å². The Morgan fingerprint density at radius 3 is 2.32 bits per heavy atom. The Balaban J connectivity index is 1.55. The number of fused-ring (bicyclic) bond motifs is 1. The molecule has 0 aliphatic rings. The first kappa shape index (κ1) is 24.0. The molecule has 0 radical (unpaired) electrons. The highest BCUT2D eigenvalue weighted by atomic mass is 35.5. The van der Waals surface area contributed by atoms with Crippen LogP contribution in [0.3, 0.4) is 0 Å². The highest BCUT2D eigenvalue weighted by Crippen LogP contribution is 2.25. The molecule has 34 heavy (non-hydrogen) atoms. The van der Waals surface area contributed by atoms with Gasteiger partial charge in [0.25, 0.3) is 5.91 Å².